The van der Waals surface area contributed by atoms with Gasteiger partial charge in [0.15, 0.2) is 0 Å². The summed E-state index contributed by atoms with van der Waals surface area (Å²) in [6, 6.07) is 14.7. The monoisotopic (exact) mass is 297 g/mol. The van der Waals surface area contributed by atoms with Crippen LogP contribution in [-0.2, 0) is 0 Å². The predicted octanol–water partition coefficient (Wildman–Crippen LogP) is 3.44. The molecule has 104 valence electrons. The summed E-state index contributed by atoms with van der Waals surface area (Å²) < 4.78 is 1.61. The lowest BCUT2D eigenvalue weighted by Crippen LogP contribution is -1.92. The summed E-state index contributed by atoms with van der Waals surface area (Å²) in [7, 11) is 0. The van der Waals surface area contributed by atoms with Crippen LogP contribution in [0.5, 0.6) is 0 Å². The molecular formula is C16H12ClN3O. The molecule has 21 heavy (non-hydrogen) atoms. The summed E-state index contributed by atoms with van der Waals surface area (Å²) in [5, 5.41) is 18.7. The Hall–Kier alpha value is -2.39. The molecule has 0 saturated heterocycles. The standard InChI is InChI=1S/C16H12ClN3O/c17-13-9-7-12(8-10-13)16(21)6-3-11-20-15-5-2-1-4-14(15)18-19-20/h1-2,4-11,16,21H. The third-order valence-corrected chi connectivity index (χ3v) is 3.29. The largest absolute Gasteiger partial charge is 0.384 e. The van der Waals surface area contributed by atoms with Gasteiger partial charge in [-0.25, -0.2) is 4.68 Å². The molecule has 0 amide bonds. The van der Waals surface area contributed by atoms with Crippen LogP contribution in [0, 0.1) is 0 Å². The van der Waals surface area contributed by atoms with Crippen molar-refractivity contribution in [3.63, 3.8) is 0 Å². The molecule has 0 aliphatic heterocycles. The number of benzene rings is 2. The second-order valence-electron chi connectivity index (χ2n) is 4.48. The van der Waals surface area contributed by atoms with Crippen molar-refractivity contribution in [3.8, 4) is 0 Å². The van der Waals surface area contributed by atoms with E-state index in [1.54, 1.807) is 41.2 Å². The zero-order valence-corrected chi connectivity index (χ0v) is 11.8. The molecule has 2 aromatic carbocycles. The average molecular weight is 298 g/mol. The zero-order chi connectivity index (χ0) is 14.7. The fourth-order valence-electron chi connectivity index (χ4n) is 1.94. The van der Waals surface area contributed by atoms with E-state index in [0.717, 1.165) is 16.6 Å². The molecule has 0 aliphatic rings. The molecule has 0 spiro atoms. The lowest BCUT2D eigenvalue weighted by Gasteiger charge is -2.03. The Morgan fingerprint density at radius 2 is 1.90 bits per heavy atom. The number of nitrogens with zero attached hydrogens (tertiary/aromatic N) is 3. The first-order valence-corrected chi connectivity index (χ1v) is 6.78. The Morgan fingerprint density at radius 3 is 2.71 bits per heavy atom. The molecule has 0 aliphatic carbocycles. The molecule has 0 fully saturated rings. The molecule has 0 bridgehead atoms. The molecule has 3 aromatic rings. The van der Waals surface area contributed by atoms with Gasteiger partial charge in [-0.2, -0.15) is 0 Å². The number of rotatable bonds is 3. The van der Waals surface area contributed by atoms with Crippen molar-refractivity contribution in [1.29, 1.82) is 0 Å². The van der Waals surface area contributed by atoms with Gasteiger partial charge in [-0.1, -0.05) is 41.1 Å². The van der Waals surface area contributed by atoms with E-state index in [9.17, 15) is 5.11 Å². The minimum absolute atomic E-state index is 0.638. The first-order chi connectivity index (χ1) is 10.2. The van der Waals surface area contributed by atoms with Crippen molar-refractivity contribution in [1.82, 2.24) is 15.0 Å². The topological polar surface area (TPSA) is 50.9 Å². The number of hydrogen-bond acceptors (Lipinski definition) is 3. The normalized spacial score (nSPS) is 11.9. The van der Waals surface area contributed by atoms with Gasteiger partial charge in [0, 0.05) is 5.02 Å². The van der Waals surface area contributed by atoms with E-state index in [-0.39, 0.29) is 0 Å². The lowest BCUT2D eigenvalue weighted by atomic mass is 10.1. The quantitative estimate of drug-likeness (QED) is 0.753. The Labute approximate surface area is 126 Å². The number of aromatic nitrogens is 3. The summed E-state index contributed by atoms with van der Waals surface area (Å²) >= 11 is 5.81. The SMILES string of the molecule is OC(C=C=Cn1nnc2ccccc21)c1ccc(Cl)cc1. The van der Waals surface area contributed by atoms with Gasteiger partial charge in [0.2, 0.25) is 0 Å². The molecule has 1 heterocycles. The van der Waals surface area contributed by atoms with Gasteiger partial charge >= 0.3 is 0 Å². The maximum atomic E-state index is 10.0. The highest BCUT2D eigenvalue weighted by Gasteiger charge is 2.02. The molecule has 4 nitrogen and oxygen atoms in total. The van der Waals surface area contributed by atoms with Crippen molar-refractivity contribution in [2.45, 2.75) is 6.10 Å². The fourth-order valence-corrected chi connectivity index (χ4v) is 2.07. The highest BCUT2D eigenvalue weighted by molar-refractivity contribution is 6.30. The molecule has 1 N–H and O–H groups in total. The minimum Gasteiger partial charge on any atom is -0.384 e. The van der Waals surface area contributed by atoms with Gasteiger partial charge in [-0.15, -0.1) is 10.8 Å². The summed E-state index contributed by atoms with van der Waals surface area (Å²) in [5.74, 6) is 0. The van der Waals surface area contributed by atoms with Crippen molar-refractivity contribution >= 4 is 28.8 Å². The fraction of sp³-hybridized carbons (Fsp3) is 0.0625. The Kier molecular flexibility index (Phi) is 3.84. The first-order valence-electron chi connectivity index (χ1n) is 6.40. The van der Waals surface area contributed by atoms with E-state index in [1.165, 1.54) is 0 Å². The summed E-state index contributed by atoms with van der Waals surface area (Å²) in [6.45, 7) is 0. The van der Waals surface area contributed by atoms with Crippen molar-refractivity contribution < 1.29 is 5.11 Å². The van der Waals surface area contributed by atoms with Crippen LogP contribution in [0.4, 0.5) is 0 Å². The minimum atomic E-state index is -0.742. The molecule has 1 atom stereocenters. The third-order valence-electron chi connectivity index (χ3n) is 3.04. The van der Waals surface area contributed by atoms with Crippen molar-refractivity contribution in [3.05, 3.63) is 70.9 Å². The van der Waals surface area contributed by atoms with Crippen LogP contribution in [0.15, 0.2) is 60.3 Å². The summed E-state index contributed by atoms with van der Waals surface area (Å²) in [6.07, 6.45) is 2.45. The molecule has 1 unspecified atom stereocenters. The van der Waals surface area contributed by atoms with Gasteiger partial charge in [0.05, 0.1) is 11.7 Å². The Balaban J connectivity index is 1.83. The zero-order valence-electron chi connectivity index (χ0n) is 11.0. The third kappa shape index (κ3) is 3.03. The van der Waals surface area contributed by atoms with Gasteiger partial charge in [-0.05, 0) is 35.9 Å². The Bertz CT molecular complexity index is 817. The van der Waals surface area contributed by atoms with Crippen LogP contribution >= 0.6 is 11.6 Å². The maximum absolute atomic E-state index is 10.0. The first kappa shape index (κ1) is 13.6. The Morgan fingerprint density at radius 1 is 1.14 bits per heavy atom. The van der Waals surface area contributed by atoms with Crippen molar-refractivity contribution in [2.24, 2.45) is 0 Å². The lowest BCUT2D eigenvalue weighted by molar-refractivity contribution is 0.229. The summed E-state index contributed by atoms with van der Waals surface area (Å²) in [5.41, 5.74) is 5.38. The summed E-state index contributed by atoms with van der Waals surface area (Å²) in [4.78, 5) is 0. The molecular weight excluding hydrogens is 286 g/mol. The van der Waals surface area contributed by atoms with Gasteiger partial charge in [-0.3, -0.25) is 0 Å². The predicted molar refractivity (Wildman–Crippen MR) is 82.8 cm³/mol. The number of para-hydroxylation sites is 1. The van der Waals surface area contributed by atoms with Crippen LogP contribution < -0.4 is 0 Å². The second-order valence-corrected chi connectivity index (χ2v) is 4.92. The highest BCUT2D eigenvalue weighted by atomic mass is 35.5. The van der Waals surface area contributed by atoms with Gasteiger partial charge in [0.1, 0.15) is 11.6 Å². The number of fused-ring (bicyclic) bond motifs is 1. The van der Waals surface area contributed by atoms with E-state index in [4.69, 9.17) is 11.6 Å². The average Bonchev–Trinajstić information content (AvgIpc) is 2.91. The number of hydrogen-bond donors (Lipinski definition) is 1. The maximum Gasteiger partial charge on any atom is 0.113 e. The van der Waals surface area contributed by atoms with E-state index < -0.39 is 6.10 Å². The van der Waals surface area contributed by atoms with E-state index in [0.29, 0.717) is 5.02 Å². The van der Waals surface area contributed by atoms with Gasteiger partial charge in [0.25, 0.3) is 0 Å². The van der Waals surface area contributed by atoms with E-state index in [1.807, 2.05) is 24.3 Å². The second kappa shape index (κ2) is 5.94. The van der Waals surface area contributed by atoms with Crippen LogP contribution in [0.2, 0.25) is 5.02 Å². The highest BCUT2D eigenvalue weighted by Crippen LogP contribution is 2.17. The smallest absolute Gasteiger partial charge is 0.113 e. The van der Waals surface area contributed by atoms with Crippen LogP contribution in [-0.4, -0.2) is 20.1 Å². The number of halogens is 1. The van der Waals surface area contributed by atoms with Crippen LogP contribution in [0.25, 0.3) is 17.2 Å². The van der Waals surface area contributed by atoms with Crippen LogP contribution in [0.3, 0.4) is 0 Å². The number of aliphatic hydroxyl groups is 1. The molecule has 0 saturated carbocycles. The molecule has 1 aromatic heterocycles. The van der Waals surface area contributed by atoms with Crippen molar-refractivity contribution in [2.75, 3.05) is 0 Å². The molecule has 5 heteroatoms. The molecule has 3 rings (SSSR count). The molecule has 0 radical (unpaired) electrons. The van der Waals surface area contributed by atoms with Gasteiger partial charge < -0.3 is 5.11 Å². The van der Waals surface area contributed by atoms with Crippen LogP contribution in [0.1, 0.15) is 11.7 Å². The van der Waals surface area contributed by atoms with E-state index in [2.05, 4.69) is 16.0 Å². The van der Waals surface area contributed by atoms with E-state index >= 15 is 0 Å². The number of aliphatic hydroxyl groups excluding tert-OH is 1.